The highest BCUT2D eigenvalue weighted by Gasteiger charge is 2.21. The highest BCUT2D eigenvalue weighted by atomic mass is 16.5. The van der Waals surface area contributed by atoms with E-state index in [1.807, 2.05) is 6.92 Å². The van der Waals surface area contributed by atoms with Gasteiger partial charge >= 0.3 is 0 Å². The van der Waals surface area contributed by atoms with Gasteiger partial charge in [-0.2, -0.15) is 0 Å². The Labute approximate surface area is 139 Å². The van der Waals surface area contributed by atoms with E-state index < -0.39 is 0 Å². The summed E-state index contributed by atoms with van der Waals surface area (Å²) in [5.41, 5.74) is 7.33. The molecule has 0 aliphatic carbocycles. The van der Waals surface area contributed by atoms with Gasteiger partial charge in [0.05, 0.1) is 6.61 Å². The lowest BCUT2D eigenvalue weighted by Crippen LogP contribution is -2.41. The van der Waals surface area contributed by atoms with Gasteiger partial charge in [0.2, 0.25) is 0 Å². The fraction of sp³-hybridized carbons (Fsp3) is 0.611. The lowest BCUT2D eigenvalue weighted by Gasteiger charge is -2.16. The van der Waals surface area contributed by atoms with E-state index in [-0.39, 0.29) is 6.04 Å². The maximum Gasteiger partial charge on any atom is 0.188 e. The molecule has 1 fully saturated rings. The van der Waals surface area contributed by atoms with Gasteiger partial charge in [0.15, 0.2) is 5.96 Å². The number of hydrogen-bond acceptors (Lipinski definition) is 3. The second-order valence-corrected chi connectivity index (χ2v) is 6.42. The minimum absolute atomic E-state index is 0.190. The molecule has 0 radical (unpaired) electrons. The molecule has 5 nitrogen and oxygen atoms in total. The van der Waals surface area contributed by atoms with Gasteiger partial charge in [-0.3, -0.25) is 4.99 Å². The monoisotopic (exact) mass is 318 g/mol. The summed E-state index contributed by atoms with van der Waals surface area (Å²) in [6, 6.07) is 10.9. The third-order valence-corrected chi connectivity index (χ3v) is 4.26. The van der Waals surface area contributed by atoms with Crippen molar-refractivity contribution in [3.05, 3.63) is 35.9 Å². The third kappa shape index (κ3) is 6.59. The van der Waals surface area contributed by atoms with Crippen LogP contribution in [0.1, 0.15) is 18.9 Å². The van der Waals surface area contributed by atoms with E-state index in [4.69, 9.17) is 10.5 Å². The smallest absolute Gasteiger partial charge is 0.188 e. The van der Waals surface area contributed by atoms with E-state index in [2.05, 4.69) is 45.5 Å². The van der Waals surface area contributed by atoms with Crippen LogP contribution in [0.25, 0.3) is 0 Å². The van der Waals surface area contributed by atoms with Crippen molar-refractivity contribution in [1.29, 1.82) is 0 Å². The van der Waals surface area contributed by atoms with Crippen molar-refractivity contribution in [3.63, 3.8) is 0 Å². The molecule has 2 atom stereocenters. The number of aliphatic imine (C=N–C) groups is 1. The van der Waals surface area contributed by atoms with Gasteiger partial charge in [0.1, 0.15) is 0 Å². The van der Waals surface area contributed by atoms with Crippen molar-refractivity contribution in [2.45, 2.75) is 25.8 Å². The Balaban J connectivity index is 1.66. The number of hydrogen-bond donors (Lipinski definition) is 2. The second kappa shape index (κ2) is 9.53. The molecule has 1 saturated heterocycles. The molecule has 3 N–H and O–H groups in total. The molecule has 23 heavy (non-hydrogen) atoms. The van der Waals surface area contributed by atoms with Gasteiger partial charge in [-0.15, -0.1) is 0 Å². The Bertz CT molecular complexity index is 477. The predicted octanol–water partition coefficient (Wildman–Crippen LogP) is 1.49. The number of nitrogens with one attached hydrogen (secondary N) is 1. The SMILES string of the molecule is COCC(C)NC(N)=NCC1CCN(CCc2ccccc2)C1. The van der Waals surface area contributed by atoms with Gasteiger partial charge in [-0.25, -0.2) is 0 Å². The van der Waals surface area contributed by atoms with Crippen LogP contribution < -0.4 is 11.1 Å². The molecule has 1 aromatic rings. The van der Waals surface area contributed by atoms with Crippen LogP contribution in [0, 0.1) is 5.92 Å². The largest absolute Gasteiger partial charge is 0.383 e. The van der Waals surface area contributed by atoms with Crippen LogP contribution in [-0.2, 0) is 11.2 Å². The summed E-state index contributed by atoms with van der Waals surface area (Å²) in [6.45, 7) is 6.89. The third-order valence-electron chi connectivity index (χ3n) is 4.26. The van der Waals surface area contributed by atoms with Crippen molar-refractivity contribution < 1.29 is 4.74 Å². The first-order valence-corrected chi connectivity index (χ1v) is 8.49. The van der Waals surface area contributed by atoms with Crippen LogP contribution in [0.5, 0.6) is 0 Å². The normalized spacial score (nSPS) is 20.6. The molecule has 1 aliphatic rings. The van der Waals surface area contributed by atoms with E-state index in [1.54, 1.807) is 7.11 Å². The topological polar surface area (TPSA) is 62.9 Å². The fourth-order valence-corrected chi connectivity index (χ4v) is 3.01. The summed E-state index contributed by atoms with van der Waals surface area (Å²) >= 11 is 0. The molecule has 5 heteroatoms. The molecular weight excluding hydrogens is 288 g/mol. The number of guanidine groups is 1. The van der Waals surface area contributed by atoms with Crippen molar-refractivity contribution in [2.24, 2.45) is 16.6 Å². The van der Waals surface area contributed by atoms with Crippen molar-refractivity contribution in [2.75, 3.05) is 39.9 Å². The first kappa shape index (κ1) is 17.8. The van der Waals surface area contributed by atoms with Gasteiger partial charge < -0.3 is 20.7 Å². The van der Waals surface area contributed by atoms with Crippen molar-refractivity contribution in [1.82, 2.24) is 10.2 Å². The van der Waals surface area contributed by atoms with Crippen LogP contribution in [0.4, 0.5) is 0 Å². The Kier molecular flexibility index (Phi) is 7.36. The minimum Gasteiger partial charge on any atom is -0.383 e. The number of rotatable bonds is 8. The molecule has 1 heterocycles. The van der Waals surface area contributed by atoms with E-state index in [0.29, 0.717) is 18.5 Å². The van der Waals surface area contributed by atoms with Gasteiger partial charge in [-0.05, 0) is 37.8 Å². The quantitative estimate of drug-likeness (QED) is 0.563. The summed E-state index contributed by atoms with van der Waals surface area (Å²) in [5.74, 6) is 1.14. The van der Waals surface area contributed by atoms with E-state index >= 15 is 0 Å². The van der Waals surface area contributed by atoms with E-state index in [9.17, 15) is 0 Å². The molecule has 0 amide bonds. The Hall–Kier alpha value is -1.59. The van der Waals surface area contributed by atoms with Crippen LogP contribution in [-0.4, -0.2) is 56.8 Å². The summed E-state index contributed by atoms with van der Waals surface area (Å²) in [5, 5.41) is 3.15. The second-order valence-electron chi connectivity index (χ2n) is 6.42. The first-order chi connectivity index (χ1) is 11.2. The maximum atomic E-state index is 5.92. The molecule has 2 rings (SSSR count). The number of benzene rings is 1. The van der Waals surface area contributed by atoms with Crippen LogP contribution in [0.3, 0.4) is 0 Å². The van der Waals surface area contributed by atoms with E-state index in [1.165, 1.54) is 18.5 Å². The van der Waals surface area contributed by atoms with Gasteiger partial charge in [0, 0.05) is 32.8 Å². The van der Waals surface area contributed by atoms with Crippen molar-refractivity contribution in [3.8, 4) is 0 Å². The minimum atomic E-state index is 0.190. The lowest BCUT2D eigenvalue weighted by atomic mass is 10.1. The van der Waals surface area contributed by atoms with Gasteiger partial charge in [-0.1, -0.05) is 30.3 Å². The molecule has 0 bridgehead atoms. The van der Waals surface area contributed by atoms with E-state index in [0.717, 1.165) is 26.1 Å². The number of nitrogens with zero attached hydrogens (tertiary/aromatic N) is 2. The average molecular weight is 318 g/mol. The standard InChI is InChI=1S/C18H30N4O/c1-15(14-23-2)21-18(19)20-12-17-9-11-22(13-17)10-8-16-6-4-3-5-7-16/h3-7,15,17H,8-14H2,1-2H3,(H3,19,20,21). The predicted molar refractivity (Wildman–Crippen MR) is 95.7 cm³/mol. The number of likely N-dealkylation sites (tertiary alicyclic amines) is 1. The van der Waals surface area contributed by atoms with Crippen LogP contribution in [0.2, 0.25) is 0 Å². The first-order valence-electron chi connectivity index (χ1n) is 8.49. The van der Waals surface area contributed by atoms with Crippen molar-refractivity contribution >= 4 is 5.96 Å². The number of nitrogens with two attached hydrogens (primary N) is 1. The highest BCUT2D eigenvalue weighted by molar-refractivity contribution is 5.78. The maximum absolute atomic E-state index is 5.92. The Morgan fingerprint density at radius 2 is 2.22 bits per heavy atom. The number of ether oxygens (including phenoxy) is 1. The molecule has 0 saturated carbocycles. The molecule has 0 aromatic heterocycles. The molecular formula is C18H30N4O. The Morgan fingerprint density at radius 1 is 1.43 bits per heavy atom. The summed E-state index contributed by atoms with van der Waals surface area (Å²) in [6.07, 6.45) is 2.33. The average Bonchev–Trinajstić information content (AvgIpc) is 3.00. The zero-order valence-electron chi connectivity index (χ0n) is 14.4. The lowest BCUT2D eigenvalue weighted by molar-refractivity contribution is 0.179. The summed E-state index contributed by atoms with van der Waals surface area (Å²) in [7, 11) is 1.69. The van der Waals surface area contributed by atoms with Crippen LogP contribution >= 0.6 is 0 Å². The number of methoxy groups -OCH3 is 1. The fourth-order valence-electron chi connectivity index (χ4n) is 3.01. The zero-order chi connectivity index (χ0) is 16.5. The van der Waals surface area contributed by atoms with Gasteiger partial charge in [0.25, 0.3) is 0 Å². The molecule has 128 valence electrons. The Morgan fingerprint density at radius 3 is 2.96 bits per heavy atom. The molecule has 2 unspecified atom stereocenters. The van der Waals surface area contributed by atoms with Crippen LogP contribution in [0.15, 0.2) is 35.3 Å². The highest BCUT2D eigenvalue weighted by Crippen LogP contribution is 2.17. The zero-order valence-corrected chi connectivity index (χ0v) is 14.4. The summed E-state index contributed by atoms with van der Waals surface area (Å²) in [4.78, 5) is 7.01. The molecule has 0 spiro atoms. The molecule has 1 aromatic carbocycles. The summed E-state index contributed by atoms with van der Waals surface area (Å²) < 4.78 is 5.08. The molecule has 1 aliphatic heterocycles.